The van der Waals surface area contributed by atoms with Crippen molar-refractivity contribution in [1.29, 1.82) is 0 Å². The van der Waals surface area contributed by atoms with Crippen LogP contribution in [0.1, 0.15) is 12.5 Å². The van der Waals surface area contributed by atoms with Gasteiger partial charge in [0.05, 0.1) is 13.0 Å². The molecule has 1 aliphatic rings. The van der Waals surface area contributed by atoms with Crippen LogP contribution in [0.3, 0.4) is 0 Å². The summed E-state index contributed by atoms with van der Waals surface area (Å²) in [5.74, 6) is 0.944. The van der Waals surface area contributed by atoms with Crippen molar-refractivity contribution in [3.05, 3.63) is 22.7 Å². The van der Waals surface area contributed by atoms with Crippen molar-refractivity contribution in [1.82, 2.24) is 0 Å². The number of halogens is 1. The fraction of sp³-hybridized carbons (Fsp3) is 0.417. The van der Waals surface area contributed by atoms with E-state index in [4.69, 9.17) is 25.8 Å². The smallest absolute Gasteiger partial charge is 0.310 e. The first-order valence-electron chi connectivity index (χ1n) is 5.44. The summed E-state index contributed by atoms with van der Waals surface area (Å²) in [4.78, 5) is 11.4. The number of ether oxygens (including phenoxy) is 3. The van der Waals surface area contributed by atoms with E-state index in [1.807, 2.05) is 0 Å². The van der Waals surface area contributed by atoms with Crippen LogP contribution < -0.4 is 9.47 Å². The third kappa shape index (κ3) is 2.82. The molecule has 17 heavy (non-hydrogen) atoms. The minimum absolute atomic E-state index is 0.142. The molecule has 1 heterocycles. The molecule has 0 bridgehead atoms. The van der Waals surface area contributed by atoms with Gasteiger partial charge in [-0.25, -0.2) is 0 Å². The maximum Gasteiger partial charge on any atom is 0.310 e. The lowest BCUT2D eigenvalue weighted by atomic mass is 10.1. The van der Waals surface area contributed by atoms with Gasteiger partial charge < -0.3 is 14.2 Å². The second-order valence-corrected chi connectivity index (χ2v) is 3.98. The first-order chi connectivity index (χ1) is 8.20. The van der Waals surface area contributed by atoms with Crippen molar-refractivity contribution in [2.24, 2.45) is 0 Å². The molecule has 92 valence electrons. The van der Waals surface area contributed by atoms with Crippen molar-refractivity contribution in [2.45, 2.75) is 13.3 Å². The fourth-order valence-corrected chi connectivity index (χ4v) is 1.83. The molecule has 1 aromatic carbocycles. The molecule has 1 aliphatic heterocycles. The minimum atomic E-state index is -0.300. The summed E-state index contributed by atoms with van der Waals surface area (Å²) in [6, 6.07) is 3.40. The SMILES string of the molecule is CCOC(=O)Cc1cc2c(cc1Cl)OCCO2. The summed E-state index contributed by atoms with van der Waals surface area (Å²) in [6.07, 6.45) is 0.142. The van der Waals surface area contributed by atoms with Crippen LogP contribution in [-0.2, 0) is 16.0 Å². The van der Waals surface area contributed by atoms with Crippen LogP contribution >= 0.6 is 11.6 Å². The van der Waals surface area contributed by atoms with Gasteiger partial charge in [0.1, 0.15) is 13.2 Å². The Hall–Kier alpha value is -1.42. The lowest BCUT2D eigenvalue weighted by molar-refractivity contribution is -0.142. The molecule has 0 aromatic heterocycles. The van der Waals surface area contributed by atoms with Crippen LogP contribution in [-0.4, -0.2) is 25.8 Å². The van der Waals surface area contributed by atoms with Crippen LogP contribution in [0, 0.1) is 0 Å². The Labute approximate surface area is 104 Å². The number of rotatable bonds is 3. The number of benzene rings is 1. The lowest BCUT2D eigenvalue weighted by Gasteiger charge is -2.19. The molecular formula is C12H13ClO4. The highest BCUT2D eigenvalue weighted by molar-refractivity contribution is 6.31. The second-order valence-electron chi connectivity index (χ2n) is 3.57. The molecule has 0 amide bonds. The Morgan fingerprint density at radius 2 is 2.00 bits per heavy atom. The Bertz CT molecular complexity index is 431. The van der Waals surface area contributed by atoms with Crippen molar-refractivity contribution >= 4 is 17.6 Å². The predicted molar refractivity (Wildman–Crippen MR) is 62.8 cm³/mol. The van der Waals surface area contributed by atoms with Gasteiger partial charge in [-0.2, -0.15) is 0 Å². The average molecular weight is 257 g/mol. The molecule has 0 fully saturated rings. The van der Waals surface area contributed by atoms with E-state index in [0.29, 0.717) is 41.9 Å². The normalized spacial score (nSPS) is 13.3. The third-order valence-corrected chi connectivity index (χ3v) is 2.70. The predicted octanol–water partition coefficient (Wildman–Crippen LogP) is 2.22. The van der Waals surface area contributed by atoms with Crippen molar-refractivity contribution < 1.29 is 19.0 Å². The lowest BCUT2D eigenvalue weighted by Crippen LogP contribution is -2.16. The number of hydrogen-bond acceptors (Lipinski definition) is 4. The summed E-state index contributed by atoms with van der Waals surface area (Å²) >= 11 is 6.06. The molecule has 0 spiro atoms. The Morgan fingerprint density at radius 1 is 1.35 bits per heavy atom. The summed E-state index contributed by atoms with van der Waals surface area (Å²) in [7, 11) is 0. The summed E-state index contributed by atoms with van der Waals surface area (Å²) in [6.45, 7) is 3.15. The largest absolute Gasteiger partial charge is 0.486 e. The molecule has 0 saturated carbocycles. The Balaban J connectivity index is 2.19. The van der Waals surface area contributed by atoms with E-state index in [1.165, 1.54) is 0 Å². The number of hydrogen-bond donors (Lipinski definition) is 0. The maximum atomic E-state index is 11.4. The molecular weight excluding hydrogens is 244 g/mol. The number of carbonyl (C=O) groups is 1. The summed E-state index contributed by atoms with van der Waals surface area (Å²) < 4.78 is 15.7. The highest BCUT2D eigenvalue weighted by atomic mass is 35.5. The minimum Gasteiger partial charge on any atom is -0.486 e. The van der Waals surface area contributed by atoms with E-state index in [-0.39, 0.29) is 12.4 Å². The maximum absolute atomic E-state index is 11.4. The first kappa shape index (κ1) is 12.0. The first-order valence-corrected chi connectivity index (χ1v) is 5.82. The topological polar surface area (TPSA) is 44.8 Å². The van der Waals surface area contributed by atoms with Crippen LogP contribution in [0.4, 0.5) is 0 Å². The van der Waals surface area contributed by atoms with E-state index in [1.54, 1.807) is 19.1 Å². The van der Waals surface area contributed by atoms with Crippen molar-refractivity contribution in [2.75, 3.05) is 19.8 Å². The Morgan fingerprint density at radius 3 is 2.65 bits per heavy atom. The molecule has 0 saturated heterocycles. The van der Waals surface area contributed by atoms with E-state index in [2.05, 4.69) is 0 Å². The molecule has 1 aromatic rings. The molecule has 4 nitrogen and oxygen atoms in total. The molecule has 0 aliphatic carbocycles. The van der Waals surface area contributed by atoms with Crippen LogP contribution in [0.15, 0.2) is 12.1 Å². The number of carbonyl (C=O) groups excluding carboxylic acids is 1. The zero-order valence-electron chi connectivity index (χ0n) is 9.49. The van der Waals surface area contributed by atoms with Gasteiger partial charge in [0.2, 0.25) is 0 Å². The Kier molecular flexibility index (Phi) is 3.74. The summed E-state index contributed by atoms with van der Waals surface area (Å²) in [5.41, 5.74) is 0.689. The average Bonchev–Trinajstić information content (AvgIpc) is 2.30. The van der Waals surface area contributed by atoms with Gasteiger partial charge in [0.25, 0.3) is 0 Å². The summed E-state index contributed by atoms with van der Waals surface area (Å²) in [5, 5.41) is 0.488. The van der Waals surface area contributed by atoms with Crippen molar-refractivity contribution in [3.8, 4) is 11.5 Å². The van der Waals surface area contributed by atoms with Gasteiger partial charge in [0, 0.05) is 11.1 Å². The molecule has 0 N–H and O–H groups in total. The zero-order chi connectivity index (χ0) is 12.3. The standard InChI is InChI=1S/C12H13ClO4/c1-2-15-12(14)6-8-5-10-11(7-9(8)13)17-4-3-16-10/h5,7H,2-4,6H2,1H3. The molecule has 0 atom stereocenters. The molecule has 0 radical (unpaired) electrons. The van der Waals surface area contributed by atoms with Crippen LogP contribution in [0.2, 0.25) is 5.02 Å². The number of fused-ring (bicyclic) bond motifs is 1. The van der Waals surface area contributed by atoms with Gasteiger partial charge in [-0.1, -0.05) is 11.6 Å². The van der Waals surface area contributed by atoms with E-state index >= 15 is 0 Å². The monoisotopic (exact) mass is 256 g/mol. The highest BCUT2D eigenvalue weighted by Crippen LogP contribution is 2.35. The highest BCUT2D eigenvalue weighted by Gasteiger charge is 2.16. The van der Waals surface area contributed by atoms with Crippen LogP contribution in [0.25, 0.3) is 0 Å². The number of esters is 1. The van der Waals surface area contributed by atoms with Gasteiger partial charge >= 0.3 is 5.97 Å². The van der Waals surface area contributed by atoms with Crippen LogP contribution in [0.5, 0.6) is 11.5 Å². The van der Waals surface area contributed by atoms with E-state index in [9.17, 15) is 4.79 Å². The van der Waals surface area contributed by atoms with Gasteiger partial charge in [-0.15, -0.1) is 0 Å². The van der Waals surface area contributed by atoms with Gasteiger partial charge in [0.15, 0.2) is 11.5 Å². The second kappa shape index (κ2) is 5.27. The fourth-order valence-electron chi connectivity index (χ4n) is 1.61. The quantitative estimate of drug-likeness (QED) is 0.778. The third-order valence-electron chi connectivity index (χ3n) is 2.35. The van der Waals surface area contributed by atoms with Gasteiger partial charge in [-0.05, 0) is 18.6 Å². The zero-order valence-corrected chi connectivity index (χ0v) is 10.3. The molecule has 0 unspecified atom stereocenters. The molecule has 2 rings (SSSR count). The van der Waals surface area contributed by atoms with Gasteiger partial charge in [-0.3, -0.25) is 4.79 Å². The van der Waals surface area contributed by atoms with Crippen molar-refractivity contribution in [3.63, 3.8) is 0 Å². The molecule has 5 heteroatoms. The van der Waals surface area contributed by atoms with E-state index < -0.39 is 0 Å². The van der Waals surface area contributed by atoms with E-state index in [0.717, 1.165) is 0 Å².